The van der Waals surface area contributed by atoms with Gasteiger partial charge in [-0.25, -0.2) is 14.6 Å². The number of aromatic amines is 1. The fraction of sp³-hybridized carbons (Fsp3) is 0.233. The van der Waals surface area contributed by atoms with Gasteiger partial charge in [-0.2, -0.15) is 5.10 Å². The second-order valence-electron chi connectivity index (χ2n) is 9.81. The minimum absolute atomic E-state index is 0.0241. The van der Waals surface area contributed by atoms with E-state index in [9.17, 15) is 19.5 Å². The van der Waals surface area contributed by atoms with Crippen LogP contribution >= 0.6 is 11.8 Å². The maximum atomic E-state index is 12.7. The number of H-pyrrole nitrogens is 1. The van der Waals surface area contributed by atoms with Crippen LogP contribution in [0.25, 0.3) is 0 Å². The lowest BCUT2D eigenvalue weighted by Crippen LogP contribution is -2.31. The zero-order chi connectivity index (χ0) is 29.1. The Hall–Kier alpha value is -4.36. The highest BCUT2D eigenvalue weighted by molar-refractivity contribution is 7.99. The number of fused-ring (bicyclic) bond motifs is 1. The summed E-state index contributed by atoms with van der Waals surface area (Å²) in [4.78, 5) is 40.3. The standard InChI is InChI=1S/C30H26N4O7S/c35-14-18-3-5-19(6-4-18)25-12-22(15-42-30-32-16-33-34-30)39-29(40-25)20-7-1-17(2-8-20)13-31-26(36)21-9-10-23-24(11-21)28(38)41-27(23)37/h1-11,16,22,25,29,35H,12-15H2,(H,31,36)(H,32,33,34). The summed E-state index contributed by atoms with van der Waals surface area (Å²) < 4.78 is 17.3. The Morgan fingerprint density at radius 2 is 1.69 bits per heavy atom. The van der Waals surface area contributed by atoms with E-state index in [1.165, 1.54) is 36.3 Å². The molecule has 3 N–H and O–H groups in total. The highest BCUT2D eigenvalue weighted by atomic mass is 32.2. The molecular formula is C30H26N4O7S. The molecule has 3 heterocycles. The number of cyclic esters (lactones) is 2. The highest BCUT2D eigenvalue weighted by Gasteiger charge is 2.33. The molecule has 6 rings (SSSR count). The van der Waals surface area contributed by atoms with Crippen molar-refractivity contribution in [2.24, 2.45) is 0 Å². The summed E-state index contributed by atoms with van der Waals surface area (Å²) in [6.45, 7) is 0.228. The molecule has 0 saturated carbocycles. The number of aliphatic hydroxyl groups is 1. The third kappa shape index (κ3) is 6.11. The van der Waals surface area contributed by atoms with Crippen LogP contribution in [0, 0.1) is 0 Å². The molecule has 1 fully saturated rings. The van der Waals surface area contributed by atoms with Gasteiger partial charge in [-0.1, -0.05) is 60.3 Å². The average molecular weight is 587 g/mol. The van der Waals surface area contributed by atoms with Crippen LogP contribution in [0.5, 0.6) is 0 Å². The van der Waals surface area contributed by atoms with Gasteiger partial charge in [-0.05, 0) is 34.9 Å². The lowest BCUT2D eigenvalue weighted by atomic mass is 10.0. The normalized spacial score (nSPS) is 19.8. The molecule has 2 aliphatic rings. The zero-order valence-corrected chi connectivity index (χ0v) is 23.0. The SMILES string of the molecule is O=C(NCc1ccc(C2OC(CSc3ncn[nH]3)CC(c3ccc(CO)cc3)O2)cc1)c1ccc2c(c1)C(=O)OC2=O. The molecular weight excluding hydrogens is 560 g/mol. The smallest absolute Gasteiger partial charge is 0.346 e. The van der Waals surface area contributed by atoms with E-state index in [-0.39, 0.29) is 48.0 Å². The van der Waals surface area contributed by atoms with E-state index in [0.29, 0.717) is 17.3 Å². The maximum absolute atomic E-state index is 12.7. The third-order valence-electron chi connectivity index (χ3n) is 7.03. The summed E-state index contributed by atoms with van der Waals surface area (Å²) in [5.41, 5.74) is 4.01. The van der Waals surface area contributed by atoms with E-state index >= 15 is 0 Å². The van der Waals surface area contributed by atoms with Crippen molar-refractivity contribution < 1.29 is 33.7 Å². The maximum Gasteiger partial charge on any atom is 0.346 e. The summed E-state index contributed by atoms with van der Waals surface area (Å²) in [7, 11) is 0. The molecule has 1 aromatic heterocycles. The van der Waals surface area contributed by atoms with Crippen LogP contribution in [0.4, 0.5) is 0 Å². The molecule has 3 atom stereocenters. The molecule has 1 saturated heterocycles. The average Bonchev–Trinajstić information content (AvgIpc) is 3.66. The van der Waals surface area contributed by atoms with E-state index in [0.717, 1.165) is 22.3 Å². The van der Waals surface area contributed by atoms with Gasteiger partial charge in [0.25, 0.3) is 5.91 Å². The van der Waals surface area contributed by atoms with Crippen LogP contribution in [0.15, 0.2) is 78.2 Å². The number of aromatic nitrogens is 3. The number of hydrogen-bond acceptors (Lipinski definition) is 10. The van der Waals surface area contributed by atoms with Gasteiger partial charge in [0.2, 0.25) is 0 Å². The number of aliphatic hydroxyl groups excluding tert-OH is 1. The molecule has 0 radical (unpaired) electrons. The first-order chi connectivity index (χ1) is 20.5. The predicted octanol–water partition coefficient (Wildman–Crippen LogP) is 3.88. The van der Waals surface area contributed by atoms with Crippen molar-refractivity contribution in [1.82, 2.24) is 20.5 Å². The van der Waals surface area contributed by atoms with Gasteiger partial charge < -0.3 is 24.6 Å². The summed E-state index contributed by atoms with van der Waals surface area (Å²) >= 11 is 1.53. The number of nitrogens with zero attached hydrogens (tertiary/aromatic N) is 2. The monoisotopic (exact) mass is 586 g/mol. The van der Waals surface area contributed by atoms with Crippen LogP contribution in [0.2, 0.25) is 0 Å². The van der Waals surface area contributed by atoms with Crippen molar-refractivity contribution >= 4 is 29.6 Å². The third-order valence-corrected chi connectivity index (χ3v) is 8.03. The Kier molecular flexibility index (Phi) is 8.11. The number of nitrogens with one attached hydrogen (secondary N) is 2. The molecule has 0 bridgehead atoms. The summed E-state index contributed by atoms with van der Waals surface area (Å²) in [5.74, 6) is -1.19. The lowest BCUT2D eigenvalue weighted by Gasteiger charge is -2.36. The number of benzene rings is 3. The molecule has 11 nitrogen and oxygen atoms in total. The zero-order valence-electron chi connectivity index (χ0n) is 22.2. The Morgan fingerprint density at radius 1 is 0.952 bits per heavy atom. The molecule has 0 aliphatic carbocycles. The van der Waals surface area contributed by atoms with Gasteiger partial charge in [0.1, 0.15) is 6.33 Å². The first kappa shape index (κ1) is 27.8. The van der Waals surface area contributed by atoms with E-state index in [1.54, 1.807) is 0 Å². The molecule has 42 heavy (non-hydrogen) atoms. The number of amides is 1. The number of esters is 2. The van der Waals surface area contributed by atoms with Crippen molar-refractivity contribution in [3.05, 3.63) is 112 Å². The number of hydrogen-bond donors (Lipinski definition) is 3. The van der Waals surface area contributed by atoms with Crippen LogP contribution in [-0.2, 0) is 27.4 Å². The number of thioether (sulfide) groups is 1. The van der Waals surface area contributed by atoms with Crippen molar-refractivity contribution in [3.8, 4) is 0 Å². The number of carbonyl (C=O) groups excluding carboxylic acids is 3. The number of ether oxygens (including phenoxy) is 3. The molecule has 214 valence electrons. The van der Waals surface area contributed by atoms with Gasteiger partial charge in [0.15, 0.2) is 11.4 Å². The topological polar surface area (TPSA) is 153 Å². The van der Waals surface area contributed by atoms with Crippen molar-refractivity contribution in [2.75, 3.05) is 5.75 Å². The Labute approximate surface area is 244 Å². The van der Waals surface area contributed by atoms with E-state index in [2.05, 4.69) is 25.2 Å². The Morgan fingerprint density at radius 3 is 2.43 bits per heavy atom. The number of carbonyl (C=O) groups is 3. The van der Waals surface area contributed by atoms with E-state index < -0.39 is 18.2 Å². The predicted molar refractivity (Wildman–Crippen MR) is 149 cm³/mol. The molecule has 4 aromatic rings. The van der Waals surface area contributed by atoms with Crippen LogP contribution in [0.1, 0.15) is 72.1 Å². The van der Waals surface area contributed by atoms with Crippen LogP contribution in [-0.4, -0.2) is 50.0 Å². The molecule has 3 unspecified atom stereocenters. The second kappa shape index (κ2) is 12.2. The fourth-order valence-corrected chi connectivity index (χ4v) is 5.56. The minimum atomic E-state index is -0.754. The molecule has 2 aliphatic heterocycles. The van der Waals surface area contributed by atoms with Gasteiger partial charge >= 0.3 is 11.9 Å². The van der Waals surface area contributed by atoms with Gasteiger partial charge in [0.05, 0.1) is 29.9 Å². The fourth-order valence-electron chi connectivity index (χ4n) is 4.76. The van der Waals surface area contributed by atoms with E-state index in [4.69, 9.17) is 9.47 Å². The summed E-state index contributed by atoms with van der Waals surface area (Å²) in [6.07, 6.45) is 1.17. The number of rotatable bonds is 9. The molecule has 1 amide bonds. The second-order valence-corrected chi connectivity index (χ2v) is 10.8. The highest BCUT2D eigenvalue weighted by Crippen LogP contribution is 2.39. The van der Waals surface area contributed by atoms with Gasteiger partial charge in [-0.3, -0.25) is 9.89 Å². The first-order valence-electron chi connectivity index (χ1n) is 13.2. The van der Waals surface area contributed by atoms with E-state index in [1.807, 2.05) is 48.5 Å². The Balaban J connectivity index is 1.12. The van der Waals surface area contributed by atoms with Crippen molar-refractivity contribution in [2.45, 2.75) is 43.2 Å². The molecule has 0 spiro atoms. The van der Waals surface area contributed by atoms with Crippen LogP contribution < -0.4 is 5.32 Å². The van der Waals surface area contributed by atoms with Crippen molar-refractivity contribution in [1.29, 1.82) is 0 Å². The van der Waals surface area contributed by atoms with Gasteiger partial charge in [0, 0.05) is 29.8 Å². The lowest BCUT2D eigenvalue weighted by molar-refractivity contribution is -0.245. The summed E-state index contributed by atoms with van der Waals surface area (Å²) in [5, 5.41) is 19.7. The summed E-state index contributed by atoms with van der Waals surface area (Å²) in [6, 6.07) is 19.6. The molecule has 3 aromatic carbocycles. The largest absolute Gasteiger partial charge is 0.392 e. The van der Waals surface area contributed by atoms with Crippen molar-refractivity contribution in [3.63, 3.8) is 0 Å². The minimum Gasteiger partial charge on any atom is -0.392 e. The first-order valence-corrected chi connectivity index (χ1v) is 14.2. The quantitative estimate of drug-likeness (QED) is 0.150. The van der Waals surface area contributed by atoms with Crippen LogP contribution in [0.3, 0.4) is 0 Å². The van der Waals surface area contributed by atoms with Gasteiger partial charge in [-0.15, -0.1) is 0 Å². The molecule has 12 heteroatoms. The Bertz CT molecular complexity index is 1590.